The van der Waals surface area contributed by atoms with Crippen molar-refractivity contribution in [3.63, 3.8) is 0 Å². The normalized spacial score (nSPS) is 11.8. The second-order valence-electron chi connectivity index (χ2n) is 3.82. The number of rotatable bonds is 2. The van der Waals surface area contributed by atoms with E-state index in [1.165, 1.54) is 26.3 Å². The lowest BCUT2D eigenvalue weighted by Gasteiger charge is -2.08. The first kappa shape index (κ1) is 12.5. The Morgan fingerprint density at radius 1 is 1.33 bits per heavy atom. The molecular weight excluding hydrogens is 247 g/mol. The molecule has 1 aromatic heterocycles. The molecule has 0 saturated heterocycles. The zero-order chi connectivity index (χ0) is 13.5. The highest BCUT2D eigenvalue weighted by Crippen LogP contribution is 2.37. The third-order valence-corrected chi connectivity index (χ3v) is 2.83. The molecule has 1 aromatic carbocycles. The van der Waals surface area contributed by atoms with Gasteiger partial charge in [-0.25, -0.2) is 0 Å². The Morgan fingerprint density at radius 3 is 2.50 bits per heavy atom. The molecule has 3 nitrogen and oxygen atoms in total. The number of benzene rings is 1. The molecule has 0 aliphatic heterocycles. The monoisotopic (exact) mass is 257 g/mol. The minimum Gasteiger partial charge on any atom is -0.497 e. The summed E-state index contributed by atoms with van der Waals surface area (Å²) in [6, 6.07) is 4.47. The van der Waals surface area contributed by atoms with Crippen LogP contribution in [-0.2, 0) is 13.2 Å². The van der Waals surface area contributed by atoms with Crippen LogP contribution in [-0.4, -0.2) is 18.0 Å². The Morgan fingerprint density at radius 2 is 2.00 bits per heavy atom. The van der Waals surface area contributed by atoms with Crippen LogP contribution in [0.5, 0.6) is 5.75 Å². The van der Waals surface area contributed by atoms with Crippen molar-refractivity contribution in [3.05, 3.63) is 29.5 Å². The molecule has 0 aliphatic rings. The summed E-state index contributed by atoms with van der Waals surface area (Å²) in [5, 5.41) is 0.235. The summed E-state index contributed by atoms with van der Waals surface area (Å²) >= 11 is 0. The maximum Gasteiger partial charge on any atom is 0.432 e. The molecular formula is C12H10F3NO2. The van der Waals surface area contributed by atoms with Crippen molar-refractivity contribution in [2.24, 2.45) is 7.05 Å². The van der Waals surface area contributed by atoms with Gasteiger partial charge in [0.25, 0.3) is 0 Å². The maximum absolute atomic E-state index is 12.9. The number of hydrogen-bond acceptors (Lipinski definition) is 2. The molecule has 1 heterocycles. The average molecular weight is 257 g/mol. The number of fused-ring (bicyclic) bond motifs is 1. The van der Waals surface area contributed by atoms with Crippen molar-refractivity contribution in [2.45, 2.75) is 6.18 Å². The SMILES string of the molecule is COc1ccc2c(c1)c(C=O)c(C(F)(F)F)n2C. The Bertz CT molecular complexity index is 614. The van der Waals surface area contributed by atoms with Crippen molar-refractivity contribution >= 4 is 17.2 Å². The van der Waals surface area contributed by atoms with Crippen molar-refractivity contribution in [3.8, 4) is 5.75 Å². The first-order valence-corrected chi connectivity index (χ1v) is 5.09. The largest absolute Gasteiger partial charge is 0.497 e. The van der Waals surface area contributed by atoms with E-state index in [-0.39, 0.29) is 17.2 Å². The first-order valence-electron chi connectivity index (χ1n) is 5.09. The smallest absolute Gasteiger partial charge is 0.432 e. The van der Waals surface area contributed by atoms with Crippen LogP contribution in [0.2, 0.25) is 0 Å². The molecule has 0 aliphatic carbocycles. The van der Waals surface area contributed by atoms with E-state index in [1.807, 2.05) is 0 Å². The van der Waals surface area contributed by atoms with Crippen LogP contribution < -0.4 is 4.74 Å². The van der Waals surface area contributed by atoms with Crippen molar-refractivity contribution in [2.75, 3.05) is 7.11 Å². The molecule has 0 fully saturated rings. The number of aldehydes is 1. The van der Waals surface area contributed by atoms with Crippen LogP contribution in [0.1, 0.15) is 16.1 Å². The number of methoxy groups -OCH3 is 1. The molecule has 96 valence electrons. The van der Waals surface area contributed by atoms with Gasteiger partial charge in [-0.2, -0.15) is 13.2 Å². The predicted molar refractivity (Wildman–Crippen MR) is 59.9 cm³/mol. The molecule has 0 amide bonds. The standard InChI is InChI=1S/C12H10F3NO2/c1-16-10-4-3-7(18-2)5-8(10)9(6-17)11(16)12(13,14)15/h3-6H,1-2H3. The van der Waals surface area contributed by atoms with Crippen LogP contribution in [0, 0.1) is 0 Å². The number of halogens is 3. The summed E-state index contributed by atoms with van der Waals surface area (Å²) in [7, 11) is 2.69. The molecule has 0 radical (unpaired) electrons. The number of carbonyl (C=O) groups is 1. The molecule has 2 rings (SSSR count). The van der Waals surface area contributed by atoms with Gasteiger partial charge in [0.2, 0.25) is 0 Å². The second-order valence-corrected chi connectivity index (χ2v) is 3.82. The molecule has 0 unspecified atom stereocenters. The number of aromatic nitrogens is 1. The van der Waals surface area contributed by atoms with E-state index in [0.29, 0.717) is 11.3 Å². The van der Waals surface area contributed by atoms with Gasteiger partial charge in [-0.3, -0.25) is 4.79 Å². The Labute approximate surface area is 101 Å². The van der Waals surface area contributed by atoms with Crippen molar-refractivity contribution in [1.82, 2.24) is 4.57 Å². The summed E-state index contributed by atoms with van der Waals surface area (Å²) in [6.45, 7) is 0. The summed E-state index contributed by atoms with van der Waals surface area (Å²) in [4.78, 5) is 10.9. The lowest BCUT2D eigenvalue weighted by atomic mass is 10.1. The second kappa shape index (κ2) is 4.04. The first-order chi connectivity index (χ1) is 8.40. The average Bonchev–Trinajstić information content (AvgIpc) is 2.61. The van der Waals surface area contributed by atoms with E-state index in [1.54, 1.807) is 6.07 Å². The summed E-state index contributed by atoms with van der Waals surface area (Å²) in [5.74, 6) is 0.407. The summed E-state index contributed by atoms with van der Waals surface area (Å²) < 4.78 is 44.6. The maximum atomic E-state index is 12.9. The van der Waals surface area contributed by atoms with Gasteiger partial charge in [-0.15, -0.1) is 0 Å². The van der Waals surface area contributed by atoms with Crippen LogP contribution in [0.25, 0.3) is 10.9 Å². The van der Waals surface area contributed by atoms with E-state index in [2.05, 4.69) is 0 Å². The van der Waals surface area contributed by atoms with E-state index in [0.717, 1.165) is 4.57 Å². The molecule has 18 heavy (non-hydrogen) atoms. The van der Waals surface area contributed by atoms with Gasteiger partial charge in [0.1, 0.15) is 11.4 Å². The fourth-order valence-corrected chi connectivity index (χ4v) is 2.04. The highest BCUT2D eigenvalue weighted by atomic mass is 19.4. The molecule has 0 N–H and O–H groups in total. The number of alkyl halides is 3. The van der Waals surface area contributed by atoms with Gasteiger partial charge in [-0.05, 0) is 18.2 Å². The van der Waals surface area contributed by atoms with Crippen molar-refractivity contribution in [1.29, 1.82) is 0 Å². The highest BCUT2D eigenvalue weighted by molar-refractivity contribution is 6.00. The molecule has 2 aromatic rings. The van der Waals surface area contributed by atoms with Crippen LogP contribution in [0.3, 0.4) is 0 Å². The number of nitrogens with zero attached hydrogens (tertiary/aromatic N) is 1. The van der Waals surface area contributed by atoms with Gasteiger partial charge in [0.15, 0.2) is 6.29 Å². The summed E-state index contributed by atoms with van der Waals surface area (Å²) in [5.41, 5.74) is -0.968. The third-order valence-electron chi connectivity index (χ3n) is 2.83. The van der Waals surface area contributed by atoms with Gasteiger partial charge >= 0.3 is 6.18 Å². The van der Waals surface area contributed by atoms with Crippen LogP contribution in [0.15, 0.2) is 18.2 Å². The predicted octanol–water partition coefficient (Wildman–Crippen LogP) is 3.02. The summed E-state index contributed by atoms with van der Waals surface area (Å²) in [6.07, 6.45) is -4.35. The zero-order valence-electron chi connectivity index (χ0n) is 9.71. The Balaban J connectivity index is 2.88. The van der Waals surface area contributed by atoms with Gasteiger partial charge < -0.3 is 9.30 Å². The lowest BCUT2D eigenvalue weighted by Crippen LogP contribution is -2.13. The Kier molecular flexibility index (Phi) is 2.80. The minimum atomic E-state index is -4.57. The van der Waals surface area contributed by atoms with Gasteiger partial charge in [-0.1, -0.05) is 0 Å². The van der Waals surface area contributed by atoms with Gasteiger partial charge in [0, 0.05) is 18.0 Å². The molecule has 0 atom stereocenters. The zero-order valence-corrected chi connectivity index (χ0v) is 9.71. The molecule has 0 saturated carbocycles. The van der Waals surface area contributed by atoms with Gasteiger partial charge in [0.05, 0.1) is 12.7 Å². The molecule has 0 spiro atoms. The molecule has 6 heteroatoms. The minimum absolute atomic E-state index is 0.227. The third kappa shape index (κ3) is 1.73. The number of hydrogen-bond donors (Lipinski definition) is 0. The number of ether oxygens (including phenoxy) is 1. The fourth-order valence-electron chi connectivity index (χ4n) is 2.04. The number of carbonyl (C=O) groups excluding carboxylic acids is 1. The fraction of sp³-hybridized carbons (Fsp3) is 0.250. The molecule has 0 bridgehead atoms. The van der Waals surface area contributed by atoms with E-state index < -0.39 is 11.9 Å². The van der Waals surface area contributed by atoms with Crippen molar-refractivity contribution < 1.29 is 22.7 Å². The van der Waals surface area contributed by atoms with Crippen LogP contribution >= 0.6 is 0 Å². The quantitative estimate of drug-likeness (QED) is 0.774. The topological polar surface area (TPSA) is 31.2 Å². The van der Waals surface area contributed by atoms with E-state index >= 15 is 0 Å². The van der Waals surface area contributed by atoms with E-state index in [9.17, 15) is 18.0 Å². The van der Waals surface area contributed by atoms with E-state index in [4.69, 9.17) is 4.74 Å². The van der Waals surface area contributed by atoms with Crippen LogP contribution in [0.4, 0.5) is 13.2 Å². The lowest BCUT2D eigenvalue weighted by molar-refractivity contribution is -0.143. The highest BCUT2D eigenvalue weighted by Gasteiger charge is 2.38. The number of aryl methyl sites for hydroxylation is 1. The Hall–Kier alpha value is -1.98.